The fourth-order valence-electron chi connectivity index (χ4n) is 1.90. The highest BCUT2D eigenvalue weighted by atomic mass is 79.9. The number of carbonyl (C=O) groups excluding carboxylic acids is 2. The van der Waals surface area contributed by atoms with Gasteiger partial charge in [0.1, 0.15) is 5.75 Å². The number of hydrogen-bond donors (Lipinski definition) is 1. The summed E-state index contributed by atoms with van der Waals surface area (Å²) >= 11 is 3.34. The molecule has 5 heteroatoms. The van der Waals surface area contributed by atoms with Crippen LogP contribution in [0.25, 0.3) is 0 Å². The Balaban J connectivity index is 2.05. The van der Waals surface area contributed by atoms with Crippen molar-refractivity contribution in [2.24, 2.45) is 0 Å². The van der Waals surface area contributed by atoms with Crippen LogP contribution in [0.5, 0.6) is 5.75 Å². The van der Waals surface area contributed by atoms with Gasteiger partial charge in [-0.2, -0.15) is 0 Å². The normalized spacial score (nSPS) is 11.6. The van der Waals surface area contributed by atoms with E-state index in [1.54, 1.807) is 43.3 Å². The highest BCUT2D eigenvalue weighted by molar-refractivity contribution is 9.10. The second-order valence-electron chi connectivity index (χ2n) is 4.81. The number of carbonyl (C=O) groups is 2. The lowest BCUT2D eigenvalue weighted by Gasteiger charge is -2.16. The summed E-state index contributed by atoms with van der Waals surface area (Å²) in [6, 6.07) is 14.1. The SMILES string of the molecule is CC(=O)c1ccccc1NC(=O)C(C)Oc1ccc(Br)cc1. The zero-order chi connectivity index (χ0) is 16.1. The molecule has 1 unspecified atom stereocenters. The first kappa shape index (κ1) is 16.2. The van der Waals surface area contributed by atoms with E-state index in [4.69, 9.17) is 4.74 Å². The maximum absolute atomic E-state index is 12.2. The first-order valence-corrected chi connectivity index (χ1v) is 7.59. The molecular formula is C17H16BrNO3. The van der Waals surface area contributed by atoms with Crippen LogP contribution in [0, 0.1) is 0 Å². The van der Waals surface area contributed by atoms with E-state index in [-0.39, 0.29) is 11.7 Å². The quantitative estimate of drug-likeness (QED) is 0.817. The molecule has 22 heavy (non-hydrogen) atoms. The van der Waals surface area contributed by atoms with Gasteiger partial charge in [-0.25, -0.2) is 0 Å². The van der Waals surface area contributed by atoms with E-state index in [1.807, 2.05) is 12.1 Å². The first-order chi connectivity index (χ1) is 10.5. The Morgan fingerprint density at radius 3 is 2.36 bits per heavy atom. The third-order valence-corrected chi connectivity index (χ3v) is 3.59. The zero-order valence-corrected chi connectivity index (χ0v) is 13.9. The smallest absolute Gasteiger partial charge is 0.265 e. The minimum atomic E-state index is -0.679. The number of halogens is 1. The molecule has 0 aliphatic rings. The maximum atomic E-state index is 12.2. The number of amides is 1. The van der Waals surface area contributed by atoms with Crippen molar-refractivity contribution in [3.8, 4) is 5.75 Å². The van der Waals surface area contributed by atoms with Gasteiger partial charge >= 0.3 is 0 Å². The number of rotatable bonds is 5. The number of hydrogen-bond acceptors (Lipinski definition) is 3. The predicted octanol–water partition coefficient (Wildman–Crippen LogP) is 4.06. The van der Waals surface area contributed by atoms with Crippen molar-refractivity contribution >= 4 is 33.3 Å². The Bertz CT molecular complexity index is 683. The van der Waals surface area contributed by atoms with E-state index in [9.17, 15) is 9.59 Å². The number of anilines is 1. The van der Waals surface area contributed by atoms with E-state index in [1.165, 1.54) is 6.92 Å². The second-order valence-corrected chi connectivity index (χ2v) is 5.72. The largest absolute Gasteiger partial charge is 0.481 e. The third kappa shape index (κ3) is 4.18. The maximum Gasteiger partial charge on any atom is 0.265 e. The van der Waals surface area contributed by atoms with Crippen LogP contribution in [0.15, 0.2) is 53.0 Å². The summed E-state index contributed by atoms with van der Waals surface area (Å²) in [6.45, 7) is 3.13. The zero-order valence-electron chi connectivity index (χ0n) is 12.3. The van der Waals surface area contributed by atoms with Gasteiger partial charge in [-0.05, 0) is 50.2 Å². The molecule has 0 radical (unpaired) electrons. The topological polar surface area (TPSA) is 55.4 Å². The van der Waals surface area contributed by atoms with Gasteiger partial charge in [0.25, 0.3) is 5.91 Å². The predicted molar refractivity (Wildman–Crippen MR) is 89.3 cm³/mol. The third-order valence-electron chi connectivity index (χ3n) is 3.06. The monoisotopic (exact) mass is 361 g/mol. The fourth-order valence-corrected chi connectivity index (χ4v) is 2.17. The Labute approximate surface area is 137 Å². The van der Waals surface area contributed by atoms with Crippen molar-refractivity contribution in [3.63, 3.8) is 0 Å². The van der Waals surface area contributed by atoms with Crippen molar-refractivity contribution < 1.29 is 14.3 Å². The number of para-hydroxylation sites is 1. The molecule has 1 amide bonds. The van der Waals surface area contributed by atoms with Crippen molar-refractivity contribution in [1.29, 1.82) is 0 Å². The lowest BCUT2D eigenvalue weighted by Crippen LogP contribution is -2.30. The van der Waals surface area contributed by atoms with Crippen molar-refractivity contribution in [2.45, 2.75) is 20.0 Å². The van der Waals surface area contributed by atoms with Crippen LogP contribution < -0.4 is 10.1 Å². The molecule has 114 valence electrons. The molecule has 0 aliphatic carbocycles. The van der Waals surface area contributed by atoms with E-state index < -0.39 is 6.10 Å². The molecule has 4 nitrogen and oxygen atoms in total. The van der Waals surface area contributed by atoms with Gasteiger partial charge in [-0.1, -0.05) is 28.1 Å². The van der Waals surface area contributed by atoms with Crippen LogP contribution >= 0.6 is 15.9 Å². The van der Waals surface area contributed by atoms with Gasteiger partial charge in [0, 0.05) is 10.0 Å². The van der Waals surface area contributed by atoms with Crippen LogP contribution in [0.2, 0.25) is 0 Å². The molecule has 0 fully saturated rings. The molecule has 0 aromatic heterocycles. The average molecular weight is 362 g/mol. The molecule has 1 N–H and O–H groups in total. The molecule has 0 aliphatic heterocycles. The highest BCUT2D eigenvalue weighted by Crippen LogP contribution is 2.19. The fraction of sp³-hybridized carbons (Fsp3) is 0.176. The standard InChI is InChI=1S/C17H16BrNO3/c1-11(20)15-5-3-4-6-16(15)19-17(21)12(2)22-14-9-7-13(18)8-10-14/h3-10,12H,1-2H3,(H,19,21). The molecular weight excluding hydrogens is 346 g/mol. The van der Waals surface area contributed by atoms with Crippen LogP contribution in [-0.2, 0) is 4.79 Å². The molecule has 2 aromatic carbocycles. The summed E-state index contributed by atoms with van der Waals surface area (Å²) < 4.78 is 6.52. The van der Waals surface area contributed by atoms with Crippen molar-refractivity contribution in [2.75, 3.05) is 5.32 Å². The minimum Gasteiger partial charge on any atom is -0.481 e. The summed E-state index contributed by atoms with van der Waals surface area (Å²) in [5.41, 5.74) is 0.970. The number of benzene rings is 2. The Kier molecular flexibility index (Phi) is 5.33. The molecule has 2 rings (SSSR count). The lowest BCUT2D eigenvalue weighted by atomic mass is 10.1. The van der Waals surface area contributed by atoms with E-state index >= 15 is 0 Å². The molecule has 0 spiro atoms. The van der Waals surface area contributed by atoms with Gasteiger partial charge in [0.05, 0.1) is 5.69 Å². The van der Waals surface area contributed by atoms with Crippen molar-refractivity contribution in [3.05, 3.63) is 58.6 Å². The first-order valence-electron chi connectivity index (χ1n) is 6.80. The average Bonchev–Trinajstić information content (AvgIpc) is 2.49. The summed E-state index contributed by atoms with van der Waals surface area (Å²) in [5.74, 6) is 0.194. The van der Waals surface area contributed by atoms with Crippen LogP contribution in [-0.4, -0.2) is 17.8 Å². The van der Waals surface area contributed by atoms with E-state index in [2.05, 4.69) is 21.2 Å². The number of ketones is 1. The summed E-state index contributed by atoms with van der Waals surface area (Å²) in [7, 11) is 0. The van der Waals surface area contributed by atoms with Gasteiger partial charge in [0.2, 0.25) is 0 Å². The van der Waals surface area contributed by atoms with Crippen LogP contribution in [0.4, 0.5) is 5.69 Å². The van der Waals surface area contributed by atoms with Gasteiger partial charge in [0.15, 0.2) is 11.9 Å². The Morgan fingerprint density at radius 1 is 1.09 bits per heavy atom. The summed E-state index contributed by atoms with van der Waals surface area (Å²) in [5, 5.41) is 2.73. The molecule has 0 saturated carbocycles. The molecule has 2 aromatic rings. The molecule has 0 saturated heterocycles. The van der Waals surface area contributed by atoms with Crippen molar-refractivity contribution in [1.82, 2.24) is 0 Å². The number of Topliss-reactive ketones (excluding diaryl/α,β-unsaturated/α-hetero) is 1. The van der Waals surface area contributed by atoms with Crippen LogP contribution in [0.3, 0.4) is 0 Å². The molecule has 0 heterocycles. The van der Waals surface area contributed by atoms with E-state index in [0.29, 0.717) is 17.0 Å². The van der Waals surface area contributed by atoms with Gasteiger partial charge in [-0.3, -0.25) is 9.59 Å². The number of ether oxygens (including phenoxy) is 1. The number of nitrogens with one attached hydrogen (secondary N) is 1. The molecule has 0 bridgehead atoms. The Morgan fingerprint density at radius 2 is 1.73 bits per heavy atom. The Hall–Kier alpha value is -2.14. The highest BCUT2D eigenvalue weighted by Gasteiger charge is 2.17. The summed E-state index contributed by atoms with van der Waals surface area (Å²) in [6.07, 6.45) is -0.679. The minimum absolute atomic E-state index is 0.0996. The van der Waals surface area contributed by atoms with E-state index in [0.717, 1.165) is 4.47 Å². The second kappa shape index (κ2) is 7.22. The van der Waals surface area contributed by atoms with Gasteiger partial charge in [-0.15, -0.1) is 0 Å². The van der Waals surface area contributed by atoms with Gasteiger partial charge < -0.3 is 10.1 Å². The lowest BCUT2D eigenvalue weighted by molar-refractivity contribution is -0.122. The van der Waals surface area contributed by atoms with Crippen LogP contribution in [0.1, 0.15) is 24.2 Å². The molecule has 1 atom stereocenters. The summed E-state index contributed by atoms with van der Waals surface area (Å²) in [4.78, 5) is 23.8.